The lowest BCUT2D eigenvalue weighted by Gasteiger charge is -2.40. The molecule has 4 rings (SSSR count). The molecular weight excluding hydrogens is 340 g/mol. The summed E-state index contributed by atoms with van der Waals surface area (Å²) in [5.41, 5.74) is 2.25. The number of aromatic nitrogens is 2. The van der Waals surface area contributed by atoms with Gasteiger partial charge in [-0.2, -0.15) is 0 Å². The number of fused-ring (bicyclic) bond motifs is 1. The van der Waals surface area contributed by atoms with E-state index in [1.54, 1.807) is 0 Å². The highest BCUT2D eigenvalue weighted by Crippen LogP contribution is 2.25. The molecule has 1 aliphatic heterocycles. The summed E-state index contributed by atoms with van der Waals surface area (Å²) in [5, 5.41) is 0. The van der Waals surface area contributed by atoms with Crippen molar-refractivity contribution < 1.29 is 4.79 Å². The number of hydrogen-bond acceptors (Lipinski definition) is 4. The monoisotopic (exact) mass is 362 g/mol. The van der Waals surface area contributed by atoms with Crippen molar-refractivity contribution in [1.29, 1.82) is 0 Å². The van der Waals surface area contributed by atoms with Crippen LogP contribution in [-0.2, 0) is 11.3 Å². The number of benzene rings is 2. The quantitative estimate of drug-likeness (QED) is 0.714. The predicted molar refractivity (Wildman–Crippen MR) is 104 cm³/mol. The Hall–Kier alpha value is -2.99. The fraction of sp³-hybridized carbons (Fsp3) is 0.286. The molecule has 1 saturated heterocycles. The number of piperazine rings is 1. The summed E-state index contributed by atoms with van der Waals surface area (Å²) in [6.07, 6.45) is 1.29. The molecule has 0 radical (unpaired) electrons. The largest absolute Gasteiger partial charge is 0.332 e. The van der Waals surface area contributed by atoms with Crippen LogP contribution in [0.1, 0.15) is 11.6 Å². The third-order valence-electron chi connectivity index (χ3n) is 5.13. The maximum atomic E-state index is 13.2. The van der Waals surface area contributed by atoms with Crippen molar-refractivity contribution >= 4 is 16.9 Å². The van der Waals surface area contributed by atoms with Crippen LogP contribution in [-0.4, -0.2) is 51.9 Å². The predicted octanol–water partition coefficient (Wildman–Crippen LogP) is 1.91. The van der Waals surface area contributed by atoms with Gasteiger partial charge in [-0.1, -0.05) is 42.5 Å². The van der Waals surface area contributed by atoms with E-state index in [2.05, 4.69) is 29.1 Å². The minimum Gasteiger partial charge on any atom is -0.332 e. The molecule has 27 heavy (non-hydrogen) atoms. The van der Waals surface area contributed by atoms with E-state index in [1.807, 2.05) is 47.4 Å². The smallest absolute Gasteiger partial charge is 0.269 e. The third-order valence-corrected chi connectivity index (χ3v) is 5.13. The van der Waals surface area contributed by atoms with Gasteiger partial charge in [0.2, 0.25) is 5.91 Å². The summed E-state index contributed by atoms with van der Waals surface area (Å²) in [6.45, 7) is 2.27. The molecule has 2 aromatic carbocycles. The zero-order valence-electron chi connectivity index (χ0n) is 15.3. The molecule has 1 atom stereocenters. The van der Waals surface area contributed by atoms with E-state index in [0.29, 0.717) is 17.6 Å². The van der Waals surface area contributed by atoms with E-state index in [1.165, 1.54) is 10.8 Å². The van der Waals surface area contributed by atoms with Crippen molar-refractivity contribution in [2.24, 2.45) is 0 Å². The van der Waals surface area contributed by atoms with E-state index in [-0.39, 0.29) is 24.1 Å². The molecule has 6 heteroatoms. The highest BCUT2D eigenvalue weighted by molar-refractivity contribution is 5.80. The SMILES string of the molecule is CN1CCN(C(=O)Cn2c(=O)cnc3ccccc32)[C@H](c2ccccc2)C1. The number of carbonyl (C=O) groups is 1. The zero-order valence-corrected chi connectivity index (χ0v) is 15.3. The van der Waals surface area contributed by atoms with Crippen LogP contribution in [0.2, 0.25) is 0 Å². The molecule has 0 spiro atoms. The first-order valence-corrected chi connectivity index (χ1v) is 9.11. The molecule has 6 nitrogen and oxygen atoms in total. The van der Waals surface area contributed by atoms with Crippen LogP contribution in [0.3, 0.4) is 0 Å². The molecule has 0 N–H and O–H groups in total. The van der Waals surface area contributed by atoms with Gasteiger partial charge < -0.3 is 9.80 Å². The standard InChI is InChI=1S/C21H22N4O2/c1-23-11-12-24(19(14-23)16-7-3-2-4-8-16)21(27)15-25-18-10-6-5-9-17(18)22-13-20(25)26/h2-10,13,19H,11-12,14-15H2,1H3/t19-/m0/s1. The zero-order chi connectivity index (χ0) is 18.8. The van der Waals surface area contributed by atoms with Gasteiger partial charge in [0.1, 0.15) is 6.54 Å². The lowest BCUT2D eigenvalue weighted by molar-refractivity contribution is -0.136. The third kappa shape index (κ3) is 3.48. The lowest BCUT2D eigenvalue weighted by atomic mass is 10.0. The molecular formula is C21H22N4O2. The molecule has 138 valence electrons. The Bertz CT molecular complexity index is 1020. The van der Waals surface area contributed by atoms with Gasteiger partial charge in [0.05, 0.1) is 23.3 Å². The molecule has 1 aliphatic rings. The second-order valence-electron chi connectivity index (χ2n) is 6.95. The summed E-state index contributed by atoms with van der Waals surface area (Å²) < 4.78 is 1.52. The van der Waals surface area contributed by atoms with Crippen molar-refractivity contribution in [3.63, 3.8) is 0 Å². The minimum atomic E-state index is -0.257. The fourth-order valence-electron chi connectivity index (χ4n) is 3.68. The van der Waals surface area contributed by atoms with Gasteiger partial charge in [0.25, 0.3) is 5.56 Å². The van der Waals surface area contributed by atoms with Gasteiger partial charge in [-0.15, -0.1) is 0 Å². The Balaban J connectivity index is 1.66. The molecule has 1 aromatic heterocycles. The summed E-state index contributed by atoms with van der Waals surface area (Å²) >= 11 is 0. The van der Waals surface area contributed by atoms with Gasteiger partial charge in [0.15, 0.2) is 0 Å². The number of likely N-dealkylation sites (N-methyl/N-ethyl adjacent to an activating group) is 1. The van der Waals surface area contributed by atoms with Crippen molar-refractivity contribution in [3.05, 3.63) is 76.7 Å². The van der Waals surface area contributed by atoms with E-state index >= 15 is 0 Å². The first-order valence-electron chi connectivity index (χ1n) is 9.11. The second kappa shape index (κ2) is 7.32. The average Bonchev–Trinajstić information content (AvgIpc) is 2.70. The van der Waals surface area contributed by atoms with Crippen LogP contribution in [0.4, 0.5) is 0 Å². The van der Waals surface area contributed by atoms with E-state index in [4.69, 9.17) is 0 Å². The van der Waals surface area contributed by atoms with E-state index in [0.717, 1.165) is 18.7 Å². The van der Waals surface area contributed by atoms with Crippen LogP contribution in [0.5, 0.6) is 0 Å². The molecule has 0 unspecified atom stereocenters. The van der Waals surface area contributed by atoms with Crippen molar-refractivity contribution in [1.82, 2.24) is 19.4 Å². The number of para-hydroxylation sites is 2. The second-order valence-corrected chi connectivity index (χ2v) is 6.95. The van der Waals surface area contributed by atoms with E-state index in [9.17, 15) is 9.59 Å². The highest BCUT2D eigenvalue weighted by Gasteiger charge is 2.30. The molecule has 2 heterocycles. The molecule has 0 saturated carbocycles. The molecule has 0 aliphatic carbocycles. The van der Waals surface area contributed by atoms with Gasteiger partial charge in [-0.05, 0) is 24.7 Å². The fourth-order valence-corrected chi connectivity index (χ4v) is 3.68. The first kappa shape index (κ1) is 17.4. The van der Waals surface area contributed by atoms with Crippen LogP contribution < -0.4 is 5.56 Å². The first-order chi connectivity index (χ1) is 13.1. The molecule has 1 fully saturated rings. The maximum absolute atomic E-state index is 13.2. The molecule has 3 aromatic rings. The van der Waals surface area contributed by atoms with Gasteiger partial charge in [-0.3, -0.25) is 14.2 Å². The highest BCUT2D eigenvalue weighted by atomic mass is 16.2. The maximum Gasteiger partial charge on any atom is 0.269 e. The van der Waals surface area contributed by atoms with Gasteiger partial charge >= 0.3 is 0 Å². The topological polar surface area (TPSA) is 58.4 Å². The number of carbonyl (C=O) groups excluding carboxylic acids is 1. The number of hydrogen-bond donors (Lipinski definition) is 0. The minimum absolute atomic E-state index is 0.0127. The van der Waals surface area contributed by atoms with Crippen LogP contribution in [0.15, 0.2) is 65.6 Å². The van der Waals surface area contributed by atoms with E-state index < -0.39 is 0 Å². The Labute approximate surface area is 157 Å². The van der Waals surface area contributed by atoms with Crippen molar-refractivity contribution in [3.8, 4) is 0 Å². The van der Waals surface area contributed by atoms with Crippen LogP contribution in [0.25, 0.3) is 11.0 Å². The molecule has 1 amide bonds. The Morgan fingerprint density at radius 3 is 2.63 bits per heavy atom. The number of amides is 1. The number of rotatable bonds is 3. The van der Waals surface area contributed by atoms with Crippen molar-refractivity contribution in [2.75, 3.05) is 26.7 Å². The Morgan fingerprint density at radius 1 is 1.07 bits per heavy atom. The summed E-state index contributed by atoms with van der Waals surface area (Å²) in [5.74, 6) is -0.0459. The lowest BCUT2D eigenvalue weighted by Crippen LogP contribution is -2.50. The Morgan fingerprint density at radius 2 is 1.81 bits per heavy atom. The number of nitrogens with zero attached hydrogens (tertiary/aromatic N) is 4. The average molecular weight is 362 g/mol. The van der Waals surface area contributed by atoms with Crippen LogP contribution >= 0.6 is 0 Å². The van der Waals surface area contributed by atoms with Gasteiger partial charge in [-0.25, -0.2) is 4.98 Å². The summed E-state index contributed by atoms with van der Waals surface area (Å²) in [4.78, 5) is 33.9. The van der Waals surface area contributed by atoms with Crippen LogP contribution in [0, 0.1) is 0 Å². The van der Waals surface area contributed by atoms with Gasteiger partial charge in [0, 0.05) is 19.6 Å². The summed E-state index contributed by atoms with van der Waals surface area (Å²) in [7, 11) is 2.07. The Kier molecular flexibility index (Phi) is 4.73. The summed E-state index contributed by atoms with van der Waals surface area (Å²) in [6, 6.07) is 17.5. The van der Waals surface area contributed by atoms with Crippen molar-refractivity contribution in [2.45, 2.75) is 12.6 Å². The normalized spacial score (nSPS) is 18.0. The molecule has 0 bridgehead atoms.